The van der Waals surface area contributed by atoms with Crippen LogP contribution in [0.4, 0.5) is 8.78 Å². The number of imidazole rings is 1. The van der Waals surface area contributed by atoms with Crippen LogP contribution in [-0.2, 0) is 0 Å². The van der Waals surface area contributed by atoms with Gasteiger partial charge in [0.25, 0.3) is 0 Å². The normalized spacial score (nSPS) is 11.3. The molecular formula is C12H7BrF2N2S. The van der Waals surface area contributed by atoms with E-state index < -0.39 is 11.6 Å². The zero-order valence-electron chi connectivity index (χ0n) is 9.22. The Bertz CT molecular complexity index is 728. The van der Waals surface area contributed by atoms with Gasteiger partial charge in [-0.05, 0) is 46.6 Å². The van der Waals surface area contributed by atoms with Gasteiger partial charge >= 0.3 is 0 Å². The molecular weight excluding hydrogens is 322 g/mol. The highest BCUT2D eigenvalue weighted by atomic mass is 79.9. The molecule has 3 aromatic rings. The molecule has 0 atom stereocenters. The van der Waals surface area contributed by atoms with Gasteiger partial charge in [-0.2, -0.15) is 0 Å². The van der Waals surface area contributed by atoms with Crippen LogP contribution < -0.4 is 0 Å². The van der Waals surface area contributed by atoms with Crippen LogP contribution in [0.15, 0.2) is 22.0 Å². The summed E-state index contributed by atoms with van der Waals surface area (Å²) in [6.07, 6.45) is 0. The Hall–Kier alpha value is -1.27. The first-order valence-corrected chi connectivity index (χ1v) is 6.77. The summed E-state index contributed by atoms with van der Waals surface area (Å²) < 4.78 is 27.6. The van der Waals surface area contributed by atoms with Crippen LogP contribution in [0, 0.1) is 18.6 Å². The molecule has 1 N–H and O–H groups in total. The van der Waals surface area contributed by atoms with Gasteiger partial charge in [0.1, 0.15) is 11.3 Å². The lowest BCUT2D eigenvalue weighted by molar-refractivity contribution is 0.515. The number of rotatable bonds is 1. The second kappa shape index (κ2) is 4.13. The fourth-order valence-corrected chi connectivity index (χ4v) is 3.19. The maximum absolute atomic E-state index is 13.5. The summed E-state index contributed by atoms with van der Waals surface area (Å²) in [5, 5.41) is 0. The van der Waals surface area contributed by atoms with Gasteiger partial charge < -0.3 is 4.98 Å². The average Bonchev–Trinajstić information content (AvgIpc) is 2.89. The number of benzene rings is 1. The number of halogens is 3. The van der Waals surface area contributed by atoms with Gasteiger partial charge in [0.2, 0.25) is 0 Å². The van der Waals surface area contributed by atoms with Crippen molar-refractivity contribution in [3.05, 3.63) is 39.2 Å². The molecule has 0 aliphatic rings. The maximum atomic E-state index is 13.5. The quantitative estimate of drug-likeness (QED) is 0.692. The van der Waals surface area contributed by atoms with E-state index in [0.29, 0.717) is 11.3 Å². The molecule has 0 fully saturated rings. The van der Waals surface area contributed by atoms with E-state index in [4.69, 9.17) is 0 Å². The third-order valence-corrected chi connectivity index (χ3v) is 4.78. The molecule has 0 saturated heterocycles. The largest absolute Gasteiger partial charge is 0.337 e. The lowest BCUT2D eigenvalue weighted by Crippen LogP contribution is -1.84. The van der Waals surface area contributed by atoms with E-state index in [1.165, 1.54) is 17.4 Å². The smallest absolute Gasteiger partial charge is 0.186 e. The fraction of sp³-hybridized carbons (Fsp3) is 0.0833. The molecule has 18 heavy (non-hydrogen) atoms. The maximum Gasteiger partial charge on any atom is 0.186 e. The van der Waals surface area contributed by atoms with Crippen LogP contribution in [0.25, 0.3) is 21.7 Å². The van der Waals surface area contributed by atoms with Crippen LogP contribution in [-0.4, -0.2) is 9.97 Å². The molecule has 0 bridgehead atoms. The van der Waals surface area contributed by atoms with Crippen LogP contribution >= 0.6 is 27.3 Å². The number of hydrogen-bond donors (Lipinski definition) is 1. The highest BCUT2D eigenvalue weighted by Gasteiger charge is 2.14. The summed E-state index contributed by atoms with van der Waals surface area (Å²) in [6, 6.07) is 4.52. The van der Waals surface area contributed by atoms with Crippen molar-refractivity contribution in [3.63, 3.8) is 0 Å². The minimum absolute atomic E-state index is 0.0344. The Morgan fingerprint density at radius 2 is 2.11 bits per heavy atom. The van der Waals surface area contributed by atoms with Gasteiger partial charge in [0.15, 0.2) is 11.6 Å². The van der Waals surface area contributed by atoms with E-state index in [0.717, 1.165) is 20.3 Å². The summed E-state index contributed by atoms with van der Waals surface area (Å²) in [6.45, 7) is 1.97. The molecule has 0 spiro atoms. The first-order chi connectivity index (χ1) is 8.56. The highest BCUT2D eigenvalue weighted by molar-refractivity contribution is 9.11. The molecule has 2 heterocycles. The van der Waals surface area contributed by atoms with Crippen LogP contribution in [0.2, 0.25) is 0 Å². The highest BCUT2D eigenvalue weighted by Crippen LogP contribution is 2.34. The Balaban J connectivity index is 2.22. The number of hydrogen-bond acceptors (Lipinski definition) is 2. The van der Waals surface area contributed by atoms with Gasteiger partial charge in [0.05, 0.1) is 14.2 Å². The van der Waals surface area contributed by atoms with Crippen molar-refractivity contribution in [2.24, 2.45) is 0 Å². The van der Waals surface area contributed by atoms with Crippen LogP contribution in [0.1, 0.15) is 5.56 Å². The molecule has 0 aliphatic heterocycles. The number of aromatic amines is 1. The van der Waals surface area contributed by atoms with E-state index >= 15 is 0 Å². The third-order valence-electron chi connectivity index (χ3n) is 2.64. The molecule has 3 rings (SSSR count). The fourth-order valence-electron chi connectivity index (χ4n) is 1.71. The predicted molar refractivity (Wildman–Crippen MR) is 71.8 cm³/mol. The first kappa shape index (κ1) is 11.8. The topological polar surface area (TPSA) is 28.7 Å². The monoisotopic (exact) mass is 328 g/mol. The lowest BCUT2D eigenvalue weighted by Gasteiger charge is -1.91. The molecule has 0 unspecified atom stereocenters. The first-order valence-electron chi connectivity index (χ1n) is 5.16. The molecule has 0 aliphatic carbocycles. The van der Waals surface area contributed by atoms with E-state index in [1.54, 1.807) is 0 Å². The second-order valence-electron chi connectivity index (χ2n) is 3.91. The number of aryl methyl sites for hydroxylation is 1. The van der Waals surface area contributed by atoms with Crippen molar-refractivity contribution in [2.45, 2.75) is 6.92 Å². The van der Waals surface area contributed by atoms with Crippen molar-refractivity contribution in [2.75, 3.05) is 0 Å². The summed E-state index contributed by atoms with van der Waals surface area (Å²) >= 11 is 4.93. The molecule has 0 amide bonds. The lowest BCUT2D eigenvalue weighted by atomic mass is 10.3. The second-order valence-corrected chi connectivity index (χ2v) is 6.28. The Morgan fingerprint density at radius 1 is 1.33 bits per heavy atom. The van der Waals surface area contributed by atoms with Crippen molar-refractivity contribution in [1.82, 2.24) is 9.97 Å². The molecule has 2 aromatic heterocycles. The molecule has 1 aromatic carbocycles. The zero-order chi connectivity index (χ0) is 12.9. The standard InChI is InChI=1S/C12H7BrF2N2S/c1-5-4-8(18-11(5)13)12-16-7-3-2-6(14)9(15)10(7)17-12/h2-4H,1H3,(H,16,17). The van der Waals surface area contributed by atoms with Gasteiger partial charge in [-0.25, -0.2) is 13.8 Å². The average molecular weight is 329 g/mol. The minimum Gasteiger partial charge on any atom is -0.337 e. The Labute approximate surface area is 114 Å². The van der Waals surface area contributed by atoms with Crippen LogP contribution in [0.5, 0.6) is 0 Å². The molecule has 6 heteroatoms. The predicted octanol–water partition coefficient (Wildman–Crippen LogP) is 4.64. The number of aromatic nitrogens is 2. The molecule has 92 valence electrons. The third kappa shape index (κ3) is 1.76. The van der Waals surface area contributed by atoms with Crippen molar-refractivity contribution >= 4 is 38.3 Å². The van der Waals surface area contributed by atoms with Gasteiger partial charge in [-0.15, -0.1) is 11.3 Å². The van der Waals surface area contributed by atoms with Crippen LogP contribution in [0.3, 0.4) is 0 Å². The molecule has 0 radical (unpaired) electrons. The summed E-state index contributed by atoms with van der Waals surface area (Å²) in [7, 11) is 0. The van der Waals surface area contributed by atoms with Gasteiger partial charge in [-0.1, -0.05) is 0 Å². The molecule has 0 saturated carbocycles. The summed E-state index contributed by atoms with van der Waals surface area (Å²) in [5.74, 6) is -1.25. The number of H-pyrrole nitrogens is 1. The van der Waals surface area contributed by atoms with Gasteiger partial charge in [-0.3, -0.25) is 0 Å². The number of thiophene rings is 1. The number of nitrogens with one attached hydrogen (secondary N) is 1. The van der Waals surface area contributed by atoms with E-state index in [9.17, 15) is 8.78 Å². The molecule has 2 nitrogen and oxygen atoms in total. The number of fused-ring (bicyclic) bond motifs is 1. The minimum atomic E-state index is -0.914. The van der Waals surface area contributed by atoms with E-state index in [2.05, 4.69) is 25.9 Å². The summed E-state index contributed by atoms with van der Waals surface area (Å²) in [5.41, 5.74) is 1.61. The van der Waals surface area contributed by atoms with Crippen molar-refractivity contribution in [1.29, 1.82) is 0 Å². The van der Waals surface area contributed by atoms with E-state index in [1.807, 2.05) is 13.0 Å². The Kier molecular flexibility index (Phi) is 2.71. The Morgan fingerprint density at radius 3 is 2.78 bits per heavy atom. The van der Waals surface area contributed by atoms with Crippen molar-refractivity contribution in [3.8, 4) is 10.7 Å². The number of nitrogens with zero attached hydrogens (tertiary/aromatic N) is 1. The van der Waals surface area contributed by atoms with E-state index in [-0.39, 0.29) is 5.52 Å². The zero-order valence-corrected chi connectivity index (χ0v) is 11.6. The summed E-state index contributed by atoms with van der Waals surface area (Å²) in [4.78, 5) is 7.99. The van der Waals surface area contributed by atoms with Crippen molar-refractivity contribution < 1.29 is 8.78 Å². The van der Waals surface area contributed by atoms with Gasteiger partial charge in [0, 0.05) is 0 Å². The SMILES string of the molecule is Cc1cc(-c2nc3c(F)c(F)ccc3[nH]2)sc1Br.